The summed E-state index contributed by atoms with van der Waals surface area (Å²) in [6.07, 6.45) is 3.24. The van der Waals surface area contributed by atoms with Gasteiger partial charge in [0.1, 0.15) is 0 Å². The van der Waals surface area contributed by atoms with Gasteiger partial charge in [0.05, 0.1) is 5.56 Å². The quantitative estimate of drug-likeness (QED) is 0.652. The molecule has 0 atom stereocenters. The second-order valence-electron chi connectivity index (χ2n) is 4.77. The fourth-order valence-electron chi connectivity index (χ4n) is 2.26. The lowest BCUT2D eigenvalue weighted by Crippen LogP contribution is -2.43. The minimum absolute atomic E-state index is 0.113. The van der Waals surface area contributed by atoms with Crippen molar-refractivity contribution in [1.82, 2.24) is 10.2 Å². The first-order valence-corrected chi connectivity index (χ1v) is 6.60. The largest absolute Gasteiger partial charge is 0.478 e. The lowest BCUT2D eigenvalue weighted by molar-refractivity contribution is 0.0696. The summed E-state index contributed by atoms with van der Waals surface area (Å²) in [5, 5.41) is 11.8. The molecule has 20 heavy (non-hydrogen) atoms. The molecule has 5 nitrogen and oxygen atoms in total. The molecule has 5 heteroatoms. The fourth-order valence-corrected chi connectivity index (χ4v) is 2.26. The van der Waals surface area contributed by atoms with Crippen molar-refractivity contribution in [3.8, 4) is 0 Å². The maximum atomic E-state index is 12.0. The SMILES string of the molecule is C=CCCNC(=O)N1CCc2ccc(C(=O)O)cc2C1. The number of fused-ring (bicyclic) bond motifs is 1. The Balaban J connectivity index is 2.05. The molecule has 0 saturated carbocycles. The number of carboxylic acids is 1. The minimum atomic E-state index is -0.944. The number of aromatic carboxylic acids is 1. The van der Waals surface area contributed by atoms with E-state index in [4.69, 9.17) is 5.11 Å². The van der Waals surface area contributed by atoms with Crippen molar-refractivity contribution >= 4 is 12.0 Å². The predicted octanol–water partition coefficient (Wildman–Crippen LogP) is 2.03. The number of amides is 2. The van der Waals surface area contributed by atoms with E-state index in [1.54, 1.807) is 23.1 Å². The molecular formula is C15H18N2O3. The number of carboxylic acid groups (broad SMARTS) is 1. The zero-order valence-electron chi connectivity index (χ0n) is 11.3. The van der Waals surface area contributed by atoms with Gasteiger partial charge < -0.3 is 15.3 Å². The predicted molar refractivity (Wildman–Crippen MR) is 75.7 cm³/mol. The molecule has 0 fully saturated rings. The summed E-state index contributed by atoms with van der Waals surface area (Å²) in [4.78, 5) is 24.6. The molecule has 1 heterocycles. The summed E-state index contributed by atoms with van der Waals surface area (Å²) < 4.78 is 0. The molecule has 0 unspecified atom stereocenters. The van der Waals surface area contributed by atoms with Crippen LogP contribution in [-0.4, -0.2) is 35.1 Å². The highest BCUT2D eigenvalue weighted by Gasteiger charge is 2.21. The molecule has 1 aliphatic rings. The van der Waals surface area contributed by atoms with Crippen LogP contribution in [0.4, 0.5) is 4.79 Å². The highest BCUT2D eigenvalue weighted by Crippen LogP contribution is 2.20. The molecular weight excluding hydrogens is 256 g/mol. The van der Waals surface area contributed by atoms with Gasteiger partial charge in [-0.1, -0.05) is 12.1 Å². The first-order valence-electron chi connectivity index (χ1n) is 6.60. The summed E-state index contributed by atoms with van der Waals surface area (Å²) >= 11 is 0. The van der Waals surface area contributed by atoms with Gasteiger partial charge in [0.25, 0.3) is 0 Å². The molecule has 2 N–H and O–H groups in total. The van der Waals surface area contributed by atoms with E-state index in [-0.39, 0.29) is 11.6 Å². The van der Waals surface area contributed by atoms with Crippen molar-refractivity contribution < 1.29 is 14.7 Å². The first-order chi connectivity index (χ1) is 9.61. The van der Waals surface area contributed by atoms with Crippen LogP contribution in [0.1, 0.15) is 27.9 Å². The number of carbonyl (C=O) groups excluding carboxylic acids is 1. The highest BCUT2D eigenvalue weighted by molar-refractivity contribution is 5.88. The van der Waals surface area contributed by atoms with Gasteiger partial charge in [-0.3, -0.25) is 0 Å². The highest BCUT2D eigenvalue weighted by atomic mass is 16.4. The molecule has 2 rings (SSSR count). The molecule has 0 radical (unpaired) electrons. The number of nitrogens with one attached hydrogen (secondary N) is 1. The van der Waals surface area contributed by atoms with Gasteiger partial charge in [-0.05, 0) is 36.1 Å². The number of rotatable bonds is 4. The monoisotopic (exact) mass is 274 g/mol. The number of carbonyl (C=O) groups is 2. The Morgan fingerprint density at radius 1 is 1.40 bits per heavy atom. The second-order valence-corrected chi connectivity index (χ2v) is 4.77. The molecule has 1 aromatic rings. The number of hydrogen-bond donors (Lipinski definition) is 2. The topological polar surface area (TPSA) is 69.6 Å². The minimum Gasteiger partial charge on any atom is -0.478 e. The molecule has 1 aliphatic heterocycles. The van der Waals surface area contributed by atoms with E-state index in [0.717, 1.165) is 24.0 Å². The number of benzene rings is 1. The van der Waals surface area contributed by atoms with Crippen LogP contribution in [0.15, 0.2) is 30.9 Å². The normalized spacial score (nSPS) is 13.5. The molecule has 0 aliphatic carbocycles. The van der Waals surface area contributed by atoms with Crippen molar-refractivity contribution in [3.63, 3.8) is 0 Å². The third-order valence-electron chi connectivity index (χ3n) is 3.38. The standard InChI is InChI=1S/C15H18N2O3/c1-2-3-7-16-15(20)17-8-6-11-4-5-12(14(18)19)9-13(11)10-17/h2,4-5,9H,1,3,6-8,10H2,(H,16,20)(H,18,19). The van der Waals surface area contributed by atoms with Crippen LogP contribution in [-0.2, 0) is 13.0 Å². The second kappa shape index (κ2) is 6.23. The average molecular weight is 274 g/mol. The third kappa shape index (κ3) is 3.17. The van der Waals surface area contributed by atoms with Gasteiger partial charge in [0.15, 0.2) is 0 Å². The van der Waals surface area contributed by atoms with E-state index >= 15 is 0 Å². The van der Waals surface area contributed by atoms with Gasteiger partial charge in [0.2, 0.25) is 0 Å². The smallest absolute Gasteiger partial charge is 0.335 e. The van der Waals surface area contributed by atoms with Crippen LogP contribution in [0.3, 0.4) is 0 Å². The summed E-state index contributed by atoms with van der Waals surface area (Å²) in [5.41, 5.74) is 2.29. The Kier molecular flexibility index (Phi) is 4.40. The molecule has 106 valence electrons. The Morgan fingerprint density at radius 2 is 2.20 bits per heavy atom. The molecule has 0 saturated heterocycles. The van der Waals surface area contributed by atoms with Gasteiger partial charge >= 0.3 is 12.0 Å². The average Bonchev–Trinajstić information content (AvgIpc) is 2.46. The van der Waals surface area contributed by atoms with Crippen molar-refractivity contribution in [3.05, 3.63) is 47.5 Å². The molecule has 0 aromatic heterocycles. The van der Waals surface area contributed by atoms with Gasteiger partial charge in [-0.25, -0.2) is 9.59 Å². The Labute approximate surface area is 117 Å². The summed E-state index contributed by atoms with van der Waals surface area (Å²) in [6.45, 7) is 5.28. The van der Waals surface area contributed by atoms with E-state index in [1.807, 2.05) is 6.07 Å². The van der Waals surface area contributed by atoms with E-state index in [0.29, 0.717) is 19.6 Å². The summed E-state index contributed by atoms with van der Waals surface area (Å²) in [5.74, 6) is -0.944. The van der Waals surface area contributed by atoms with Crippen LogP contribution in [0, 0.1) is 0 Å². The van der Waals surface area contributed by atoms with Crippen LogP contribution < -0.4 is 5.32 Å². The van der Waals surface area contributed by atoms with Crippen molar-refractivity contribution in [2.45, 2.75) is 19.4 Å². The molecule has 1 aromatic carbocycles. The van der Waals surface area contributed by atoms with Crippen molar-refractivity contribution in [2.24, 2.45) is 0 Å². The van der Waals surface area contributed by atoms with E-state index in [9.17, 15) is 9.59 Å². The first kappa shape index (κ1) is 14.1. The van der Waals surface area contributed by atoms with Crippen LogP contribution >= 0.6 is 0 Å². The maximum Gasteiger partial charge on any atom is 0.335 e. The van der Waals surface area contributed by atoms with E-state index in [2.05, 4.69) is 11.9 Å². The third-order valence-corrected chi connectivity index (χ3v) is 3.38. The zero-order valence-corrected chi connectivity index (χ0v) is 11.3. The van der Waals surface area contributed by atoms with Gasteiger partial charge in [0, 0.05) is 19.6 Å². The Morgan fingerprint density at radius 3 is 2.90 bits per heavy atom. The zero-order chi connectivity index (χ0) is 14.5. The van der Waals surface area contributed by atoms with E-state index < -0.39 is 5.97 Å². The van der Waals surface area contributed by atoms with E-state index in [1.165, 1.54) is 0 Å². The lowest BCUT2D eigenvalue weighted by atomic mass is 9.97. The fraction of sp³-hybridized carbons (Fsp3) is 0.333. The number of urea groups is 1. The number of nitrogens with zero attached hydrogens (tertiary/aromatic N) is 1. The summed E-state index contributed by atoms with van der Waals surface area (Å²) in [6, 6.07) is 4.99. The Hall–Kier alpha value is -2.30. The summed E-state index contributed by atoms with van der Waals surface area (Å²) in [7, 11) is 0. The van der Waals surface area contributed by atoms with Crippen LogP contribution in [0.5, 0.6) is 0 Å². The van der Waals surface area contributed by atoms with Gasteiger partial charge in [-0.2, -0.15) is 0 Å². The number of hydrogen-bond acceptors (Lipinski definition) is 2. The van der Waals surface area contributed by atoms with Crippen molar-refractivity contribution in [2.75, 3.05) is 13.1 Å². The van der Waals surface area contributed by atoms with Crippen molar-refractivity contribution in [1.29, 1.82) is 0 Å². The van der Waals surface area contributed by atoms with Gasteiger partial charge in [-0.15, -0.1) is 6.58 Å². The Bertz CT molecular complexity index is 540. The van der Waals surface area contributed by atoms with Crippen LogP contribution in [0.2, 0.25) is 0 Å². The molecule has 2 amide bonds. The van der Waals surface area contributed by atoms with Crippen LogP contribution in [0.25, 0.3) is 0 Å². The lowest BCUT2D eigenvalue weighted by Gasteiger charge is -2.29. The maximum absolute atomic E-state index is 12.0. The molecule has 0 bridgehead atoms. The molecule has 0 spiro atoms.